The maximum absolute atomic E-state index is 11.7. The number of pyridine rings is 1. The number of nitrogens with one attached hydrogen (secondary N) is 1. The van der Waals surface area contributed by atoms with Crippen LogP contribution in [0.2, 0.25) is 0 Å². The third-order valence-electron chi connectivity index (χ3n) is 2.20. The molecule has 0 spiro atoms. The molecule has 0 radical (unpaired) electrons. The van der Waals surface area contributed by atoms with Gasteiger partial charge in [-0.2, -0.15) is 0 Å². The van der Waals surface area contributed by atoms with Crippen LogP contribution in [0, 0.1) is 13.8 Å². The second-order valence-corrected chi connectivity index (χ2v) is 4.68. The molecule has 0 saturated carbocycles. The largest absolute Gasteiger partial charge is 0.302 e. The van der Waals surface area contributed by atoms with Crippen LogP contribution >= 0.6 is 11.3 Å². The summed E-state index contributed by atoms with van der Waals surface area (Å²) in [7, 11) is 0. The molecule has 88 valence electrons. The molecular formula is C12H13N3OS. The van der Waals surface area contributed by atoms with E-state index in [2.05, 4.69) is 15.3 Å². The third-order valence-corrected chi connectivity index (χ3v) is 3.08. The van der Waals surface area contributed by atoms with Crippen LogP contribution in [0.1, 0.15) is 17.0 Å². The van der Waals surface area contributed by atoms with Gasteiger partial charge in [0.25, 0.3) is 0 Å². The zero-order chi connectivity index (χ0) is 12.3. The van der Waals surface area contributed by atoms with Gasteiger partial charge >= 0.3 is 0 Å². The van der Waals surface area contributed by atoms with Crippen molar-refractivity contribution in [2.75, 3.05) is 5.32 Å². The molecule has 0 aromatic carbocycles. The van der Waals surface area contributed by atoms with Gasteiger partial charge < -0.3 is 5.32 Å². The fourth-order valence-corrected chi connectivity index (χ4v) is 2.07. The van der Waals surface area contributed by atoms with Crippen molar-refractivity contribution in [3.63, 3.8) is 0 Å². The highest BCUT2D eigenvalue weighted by Gasteiger charge is 2.06. The van der Waals surface area contributed by atoms with Crippen molar-refractivity contribution in [1.29, 1.82) is 0 Å². The first-order chi connectivity index (χ1) is 8.13. The molecule has 5 heteroatoms. The number of carbonyl (C=O) groups is 1. The van der Waals surface area contributed by atoms with Crippen LogP contribution in [0.4, 0.5) is 5.13 Å². The molecular weight excluding hydrogens is 234 g/mol. The number of carbonyl (C=O) groups excluding carboxylic acids is 1. The van der Waals surface area contributed by atoms with E-state index in [0.29, 0.717) is 11.6 Å². The van der Waals surface area contributed by atoms with Crippen molar-refractivity contribution < 1.29 is 4.79 Å². The Bertz CT molecular complexity index is 519. The van der Waals surface area contributed by atoms with Gasteiger partial charge in [0.15, 0.2) is 5.13 Å². The lowest BCUT2D eigenvalue weighted by Crippen LogP contribution is -2.14. The zero-order valence-corrected chi connectivity index (χ0v) is 10.5. The van der Waals surface area contributed by atoms with Crippen LogP contribution in [-0.2, 0) is 11.2 Å². The van der Waals surface area contributed by atoms with Crippen molar-refractivity contribution in [3.8, 4) is 0 Å². The van der Waals surface area contributed by atoms with Crippen molar-refractivity contribution in [2.45, 2.75) is 20.3 Å². The smallest absolute Gasteiger partial charge is 0.230 e. The molecule has 1 amide bonds. The van der Waals surface area contributed by atoms with Gasteiger partial charge in [0, 0.05) is 17.3 Å². The number of aromatic nitrogens is 2. The average Bonchev–Trinajstić information content (AvgIpc) is 2.67. The minimum atomic E-state index is -0.0648. The Morgan fingerprint density at radius 3 is 2.76 bits per heavy atom. The Balaban J connectivity index is 1.95. The third kappa shape index (κ3) is 3.35. The summed E-state index contributed by atoms with van der Waals surface area (Å²) >= 11 is 1.43. The summed E-state index contributed by atoms with van der Waals surface area (Å²) in [5.41, 5.74) is 2.77. The maximum Gasteiger partial charge on any atom is 0.230 e. The lowest BCUT2D eigenvalue weighted by Gasteiger charge is -2.01. The van der Waals surface area contributed by atoms with Crippen LogP contribution in [0.5, 0.6) is 0 Å². The van der Waals surface area contributed by atoms with E-state index in [9.17, 15) is 4.79 Å². The van der Waals surface area contributed by atoms with E-state index < -0.39 is 0 Å². The predicted molar refractivity (Wildman–Crippen MR) is 68.2 cm³/mol. The Kier molecular flexibility index (Phi) is 3.49. The summed E-state index contributed by atoms with van der Waals surface area (Å²) in [5.74, 6) is -0.0648. The molecule has 2 heterocycles. The van der Waals surface area contributed by atoms with E-state index in [4.69, 9.17) is 0 Å². The zero-order valence-electron chi connectivity index (χ0n) is 9.73. The highest BCUT2D eigenvalue weighted by molar-refractivity contribution is 7.13. The van der Waals surface area contributed by atoms with Gasteiger partial charge in [-0.3, -0.25) is 9.78 Å². The van der Waals surface area contributed by atoms with Crippen LogP contribution in [0.25, 0.3) is 0 Å². The number of aryl methyl sites for hydroxylation is 2. The number of hydrogen-bond acceptors (Lipinski definition) is 4. The fourth-order valence-electron chi connectivity index (χ4n) is 1.36. The summed E-state index contributed by atoms with van der Waals surface area (Å²) in [4.78, 5) is 20.0. The standard InChI is InChI=1S/C12H13N3OS/c1-8-3-4-10(6-13-8)5-11(16)15-12-14-9(2)7-17-12/h3-4,6-7H,5H2,1-2H3,(H,14,15,16). The quantitative estimate of drug-likeness (QED) is 0.905. The average molecular weight is 247 g/mol. The van der Waals surface area contributed by atoms with Crippen LogP contribution in [0.3, 0.4) is 0 Å². The van der Waals surface area contributed by atoms with Gasteiger partial charge in [-0.1, -0.05) is 6.07 Å². The molecule has 2 aromatic heterocycles. The van der Waals surface area contributed by atoms with E-state index in [1.807, 2.05) is 31.4 Å². The van der Waals surface area contributed by atoms with Gasteiger partial charge in [-0.15, -0.1) is 11.3 Å². The van der Waals surface area contributed by atoms with E-state index in [1.165, 1.54) is 11.3 Å². The summed E-state index contributed by atoms with van der Waals surface area (Å²) in [6, 6.07) is 3.81. The van der Waals surface area contributed by atoms with Gasteiger partial charge in [0.05, 0.1) is 12.1 Å². The summed E-state index contributed by atoms with van der Waals surface area (Å²) in [6.45, 7) is 3.82. The molecule has 0 atom stereocenters. The van der Waals surface area contributed by atoms with E-state index in [-0.39, 0.29) is 5.91 Å². The number of hydrogen-bond donors (Lipinski definition) is 1. The van der Waals surface area contributed by atoms with Gasteiger partial charge in [0.1, 0.15) is 0 Å². The number of anilines is 1. The lowest BCUT2D eigenvalue weighted by molar-refractivity contribution is -0.115. The van der Waals surface area contributed by atoms with Crippen molar-refractivity contribution in [1.82, 2.24) is 9.97 Å². The number of thiazole rings is 1. The molecule has 4 nitrogen and oxygen atoms in total. The number of rotatable bonds is 3. The van der Waals surface area contributed by atoms with Crippen molar-refractivity contribution >= 4 is 22.4 Å². The highest BCUT2D eigenvalue weighted by atomic mass is 32.1. The molecule has 0 saturated heterocycles. The first kappa shape index (κ1) is 11.7. The number of nitrogens with zero attached hydrogens (tertiary/aromatic N) is 2. The van der Waals surface area contributed by atoms with Crippen molar-refractivity contribution in [2.24, 2.45) is 0 Å². The van der Waals surface area contributed by atoms with E-state index in [1.54, 1.807) is 6.20 Å². The molecule has 0 unspecified atom stereocenters. The molecule has 0 aliphatic carbocycles. The monoisotopic (exact) mass is 247 g/mol. The topological polar surface area (TPSA) is 54.9 Å². The van der Waals surface area contributed by atoms with Crippen LogP contribution in [0.15, 0.2) is 23.7 Å². The predicted octanol–water partition coefficient (Wildman–Crippen LogP) is 2.34. The van der Waals surface area contributed by atoms with Crippen LogP contribution < -0.4 is 5.32 Å². The fraction of sp³-hybridized carbons (Fsp3) is 0.250. The second kappa shape index (κ2) is 5.05. The van der Waals surface area contributed by atoms with E-state index >= 15 is 0 Å². The summed E-state index contributed by atoms with van der Waals surface area (Å²) in [5, 5.41) is 5.32. The molecule has 0 bridgehead atoms. The van der Waals surface area contributed by atoms with E-state index in [0.717, 1.165) is 17.0 Å². The Hall–Kier alpha value is -1.75. The SMILES string of the molecule is Cc1ccc(CC(=O)Nc2nc(C)cs2)cn1. The van der Waals surface area contributed by atoms with Gasteiger partial charge in [-0.05, 0) is 25.5 Å². The summed E-state index contributed by atoms with van der Waals surface area (Å²) in [6.07, 6.45) is 2.05. The summed E-state index contributed by atoms with van der Waals surface area (Å²) < 4.78 is 0. The molecule has 0 aliphatic heterocycles. The Morgan fingerprint density at radius 1 is 1.35 bits per heavy atom. The first-order valence-electron chi connectivity index (χ1n) is 5.27. The molecule has 2 aromatic rings. The lowest BCUT2D eigenvalue weighted by atomic mass is 10.2. The first-order valence-corrected chi connectivity index (χ1v) is 6.15. The minimum Gasteiger partial charge on any atom is -0.302 e. The minimum absolute atomic E-state index is 0.0648. The van der Waals surface area contributed by atoms with Gasteiger partial charge in [-0.25, -0.2) is 4.98 Å². The molecule has 2 rings (SSSR count). The Morgan fingerprint density at radius 2 is 2.18 bits per heavy atom. The highest BCUT2D eigenvalue weighted by Crippen LogP contribution is 2.14. The Labute approximate surface area is 104 Å². The number of amides is 1. The molecule has 1 N–H and O–H groups in total. The second-order valence-electron chi connectivity index (χ2n) is 3.83. The molecule has 17 heavy (non-hydrogen) atoms. The molecule has 0 fully saturated rings. The maximum atomic E-state index is 11.7. The van der Waals surface area contributed by atoms with Gasteiger partial charge in [0.2, 0.25) is 5.91 Å². The normalized spacial score (nSPS) is 10.2. The molecule has 0 aliphatic rings. The van der Waals surface area contributed by atoms with Crippen LogP contribution in [-0.4, -0.2) is 15.9 Å². The van der Waals surface area contributed by atoms with Crippen molar-refractivity contribution in [3.05, 3.63) is 40.7 Å².